The van der Waals surface area contributed by atoms with Crippen LogP contribution in [0.3, 0.4) is 0 Å². The van der Waals surface area contributed by atoms with Gasteiger partial charge in [0.1, 0.15) is 0 Å². The molecule has 0 fully saturated rings. The van der Waals surface area contributed by atoms with Crippen LogP contribution in [0.4, 0.5) is 8.78 Å². The van der Waals surface area contributed by atoms with Crippen molar-refractivity contribution in [3.8, 4) is 0 Å². The molecule has 2 rings (SSSR count). The zero-order chi connectivity index (χ0) is 13.1. The van der Waals surface area contributed by atoms with Gasteiger partial charge in [0.2, 0.25) is 0 Å². The molecule has 0 saturated carbocycles. The summed E-state index contributed by atoms with van der Waals surface area (Å²) in [6.45, 7) is 0. The van der Waals surface area contributed by atoms with Gasteiger partial charge in [-0.2, -0.15) is 0 Å². The molecule has 0 aromatic heterocycles. The normalized spacial score (nSPS) is 10.4. The maximum absolute atomic E-state index is 13.1. The van der Waals surface area contributed by atoms with Crippen molar-refractivity contribution in [1.29, 1.82) is 0 Å². The molecule has 0 N–H and O–H groups in total. The summed E-state index contributed by atoms with van der Waals surface area (Å²) in [5, 5.41) is 0.398. The first-order chi connectivity index (χ1) is 8.61. The summed E-state index contributed by atoms with van der Waals surface area (Å²) in [5.41, 5.74) is 0.414. The fraction of sp³-hybridized carbons (Fsp3) is 0. The Labute approximate surface area is 112 Å². The smallest absolute Gasteiger partial charge is 0.159 e. The second-order valence-electron chi connectivity index (χ2n) is 3.45. The number of benzene rings is 2. The van der Waals surface area contributed by atoms with Crippen LogP contribution in [0.1, 0.15) is 10.4 Å². The lowest BCUT2D eigenvalue weighted by molar-refractivity contribution is 0.112. The lowest BCUT2D eigenvalue weighted by Crippen LogP contribution is -1.88. The lowest BCUT2D eigenvalue weighted by Gasteiger charge is -2.07. The Morgan fingerprint density at radius 1 is 1.11 bits per heavy atom. The van der Waals surface area contributed by atoms with Crippen LogP contribution >= 0.6 is 23.4 Å². The number of aldehydes is 1. The van der Waals surface area contributed by atoms with Crippen LogP contribution in [0.5, 0.6) is 0 Å². The highest BCUT2D eigenvalue weighted by atomic mass is 35.5. The zero-order valence-corrected chi connectivity index (χ0v) is 10.6. The van der Waals surface area contributed by atoms with E-state index in [9.17, 15) is 13.6 Å². The molecule has 1 nitrogen and oxygen atoms in total. The predicted octanol–water partition coefficient (Wildman–Crippen LogP) is 4.58. The van der Waals surface area contributed by atoms with E-state index in [1.807, 2.05) is 0 Å². The quantitative estimate of drug-likeness (QED) is 0.767. The van der Waals surface area contributed by atoms with Gasteiger partial charge in [-0.05, 0) is 24.3 Å². The number of rotatable bonds is 3. The van der Waals surface area contributed by atoms with Crippen LogP contribution in [0, 0.1) is 11.6 Å². The summed E-state index contributed by atoms with van der Waals surface area (Å²) in [6, 6.07) is 8.44. The maximum Gasteiger partial charge on any atom is 0.159 e. The third kappa shape index (κ3) is 2.71. The second kappa shape index (κ2) is 5.50. The minimum Gasteiger partial charge on any atom is -0.298 e. The molecule has 18 heavy (non-hydrogen) atoms. The molecule has 2 aromatic rings. The van der Waals surface area contributed by atoms with Crippen molar-refractivity contribution in [2.75, 3.05) is 0 Å². The Morgan fingerprint density at radius 3 is 2.56 bits per heavy atom. The summed E-state index contributed by atoms with van der Waals surface area (Å²) in [7, 11) is 0. The van der Waals surface area contributed by atoms with Gasteiger partial charge >= 0.3 is 0 Å². The zero-order valence-electron chi connectivity index (χ0n) is 8.99. The average molecular weight is 285 g/mol. The highest BCUT2D eigenvalue weighted by Crippen LogP contribution is 2.35. The summed E-state index contributed by atoms with van der Waals surface area (Å²) >= 11 is 7.10. The van der Waals surface area contributed by atoms with E-state index in [2.05, 4.69) is 0 Å². The molecule has 0 heterocycles. The number of hydrogen-bond acceptors (Lipinski definition) is 2. The van der Waals surface area contributed by atoms with E-state index >= 15 is 0 Å². The van der Waals surface area contributed by atoms with Crippen LogP contribution in [0.25, 0.3) is 0 Å². The van der Waals surface area contributed by atoms with Crippen molar-refractivity contribution in [2.45, 2.75) is 9.79 Å². The summed E-state index contributed by atoms with van der Waals surface area (Å²) in [4.78, 5) is 11.9. The molecular weight excluding hydrogens is 278 g/mol. The van der Waals surface area contributed by atoms with E-state index in [0.717, 1.165) is 23.9 Å². The van der Waals surface area contributed by atoms with Crippen LogP contribution in [-0.2, 0) is 0 Å². The average Bonchev–Trinajstić information content (AvgIpc) is 2.36. The second-order valence-corrected chi connectivity index (χ2v) is 4.94. The van der Waals surface area contributed by atoms with Crippen LogP contribution in [-0.4, -0.2) is 6.29 Å². The first-order valence-electron chi connectivity index (χ1n) is 4.98. The molecule has 92 valence electrons. The predicted molar refractivity (Wildman–Crippen MR) is 67.3 cm³/mol. The van der Waals surface area contributed by atoms with Gasteiger partial charge in [0.15, 0.2) is 17.9 Å². The van der Waals surface area contributed by atoms with Crippen LogP contribution < -0.4 is 0 Å². The molecule has 0 saturated heterocycles. The Bertz CT molecular complexity index is 602. The maximum atomic E-state index is 13.1. The fourth-order valence-electron chi connectivity index (χ4n) is 1.38. The minimum absolute atomic E-state index is 0.398. The lowest BCUT2D eigenvalue weighted by atomic mass is 10.2. The van der Waals surface area contributed by atoms with E-state index in [0.29, 0.717) is 26.7 Å². The van der Waals surface area contributed by atoms with E-state index in [-0.39, 0.29) is 0 Å². The van der Waals surface area contributed by atoms with Gasteiger partial charge in [-0.25, -0.2) is 8.78 Å². The summed E-state index contributed by atoms with van der Waals surface area (Å²) in [5.74, 6) is -1.84. The van der Waals surface area contributed by atoms with Crippen LogP contribution in [0.2, 0.25) is 5.02 Å². The Morgan fingerprint density at radius 2 is 1.89 bits per heavy atom. The van der Waals surface area contributed by atoms with E-state index in [4.69, 9.17) is 11.6 Å². The van der Waals surface area contributed by atoms with Crippen molar-refractivity contribution in [2.24, 2.45) is 0 Å². The van der Waals surface area contributed by atoms with E-state index < -0.39 is 11.6 Å². The van der Waals surface area contributed by atoms with E-state index in [1.54, 1.807) is 18.2 Å². The molecule has 0 aliphatic rings. The Hall–Kier alpha value is -1.39. The highest BCUT2D eigenvalue weighted by molar-refractivity contribution is 7.99. The standard InChI is InChI=1S/C13H7ClF2OS/c14-10-3-1-2-8(7-17)13(10)18-9-4-5-11(15)12(16)6-9/h1-7H. The summed E-state index contributed by atoms with van der Waals surface area (Å²) in [6.07, 6.45) is 0.675. The number of carbonyl (C=O) groups excluding carboxylic acids is 1. The van der Waals surface area contributed by atoms with Gasteiger partial charge in [0, 0.05) is 15.4 Å². The van der Waals surface area contributed by atoms with Gasteiger partial charge < -0.3 is 0 Å². The van der Waals surface area contributed by atoms with E-state index in [1.165, 1.54) is 6.07 Å². The third-order valence-electron chi connectivity index (χ3n) is 2.24. The monoisotopic (exact) mass is 284 g/mol. The first-order valence-corrected chi connectivity index (χ1v) is 6.18. The molecule has 0 unspecified atom stereocenters. The van der Waals surface area contributed by atoms with Crippen molar-refractivity contribution in [3.63, 3.8) is 0 Å². The highest BCUT2D eigenvalue weighted by Gasteiger charge is 2.10. The number of halogens is 3. The molecule has 0 radical (unpaired) electrons. The first kappa shape index (κ1) is 13.1. The Kier molecular flexibility index (Phi) is 3.99. The van der Waals surface area contributed by atoms with Crippen molar-refractivity contribution >= 4 is 29.6 Å². The fourth-order valence-corrected chi connectivity index (χ4v) is 2.62. The van der Waals surface area contributed by atoms with Crippen LogP contribution in [0.15, 0.2) is 46.2 Å². The molecule has 0 aliphatic carbocycles. The van der Waals surface area contributed by atoms with Gasteiger partial charge in [-0.3, -0.25) is 4.79 Å². The summed E-state index contributed by atoms with van der Waals surface area (Å²) < 4.78 is 25.9. The minimum atomic E-state index is -0.931. The van der Waals surface area contributed by atoms with Gasteiger partial charge in [0.05, 0.1) is 5.02 Å². The third-order valence-corrected chi connectivity index (χ3v) is 3.81. The molecule has 5 heteroatoms. The molecular formula is C13H7ClF2OS. The van der Waals surface area contributed by atoms with Crippen molar-refractivity contribution < 1.29 is 13.6 Å². The molecule has 0 bridgehead atoms. The van der Waals surface area contributed by atoms with Gasteiger partial charge in [-0.15, -0.1) is 0 Å². The van der Waals surface area contributed by atoms with Crippen molar-refractivity contribution in [3.05, 3.63) is 58.6 Å². The SMILES string of the molecule is O=Cc1cccc(Cl)c1Sc1ccc(F)c(F)c1. The molecule has 0 amide bonds. The van der Waals surface area contributed by atoms with Crippen molar-refractivity contribution in [1.82, 2.24) is 0 Å². The molecule has 0 atom stereocenters. The molecule has 2 aromatic carbocycles. The largest absolute Gasteiger partial charge is 0.298 e. The number of carbonyl (C=O) groups is 1. The number of hydrogen-bond donors (Lipinski definition) is 0. The Balaban J connectivity index is 2.39. The van der Waals surface area contributed by atoms with Gasteiger partial charge in [0.25, 0.3) is 0 Å². The molecule has 0 spiro atoms. The topological polar surface area (TPSA) is 17.1 Å². The molecule has 0 aliphatic heterocycles. The van der Waals surface area contributed by atoms with Gasteiger partial charge in [-0.1, -0.05) is 35.5 Å².